The fraction of sp³-hybridized carbons (Fsp3) is 0.714. The van der Waals surface area contributed by atoms with Gasteiger partial charge in [0.25, 0.3) is 0 Å². The lowest BCUT2D eigenvalue weighted by molar-refractivity contribution is -0.144. The second-order valence-electron chi connectivity index (χ2n) is 5.45. The minimum absolute atomic E-state index is 0.342. The van der Waals surface area contributed by atoms with Crippen LogP contribution in [-0.2, 0) is 11.3 Å². The molecule has 1 aromatic heterocycles. The Morgan fingerprint density at radius 2 is 2.26 bits per heavy atom. The largest absolute Gasteiger partial charge is 0.480 e. The van der Waals surface area contributed by atoms with E-state index in [1.54, 1.807) is 13.1 Å². The molecule has 19 heavy (non-hydrogen) atoms. The Labute approximate surface area is 115 Å². The minimum Gasteiger partial charge on any atom is -0.480 e. The van der Waals surface area contributed by atoms with Crippen LogP contribution in [-0.4, -0.2) is 32.7 Å². The molecule has 0 saturated carbocycles. The molecular weight excluding hydrogens is 242 g/mol. The zero-order chi connectivity index (χ0) is 14.5. The maximum Gasteiger partial charge on any atom is 0.323 e. The summed E-state index contributed by atoms with van der Waals surface area (Å²) in [5, 5.41) is 12.5. The first-order valence-corrected chi connectivity index (χ1v) is 6.90. The zero-order valence-corrected chi connectivity index (χ0v) is 12.3. The second kappa shape index (κ2) is 6.70. The normalized spacial score (nSPS) is 14.6. The Morgan fingerprint density at radius 1 is 1.58 bits per heavy atom. The molecule has 108 valence electrons. The van der Waals surface area contributed by atoms with Gasteiger partial charge in [0.05, 0.1) is 0 Å². The molecule has 0 amide bonds. The number of rotatable bonds is 8. The molecule has 0 bridgehead atoms. The Hall–Kier alpha value is -1.36. The number of nitrogens with one attached hydrogen (secondary N) is 1. The number of carbonyl (C=O) groups is 1. The van der Waals surface area contributed by atoms with Gasteiger partial charge >= 0.3 is 5.97 Å². The summed E-state index contributed by atoms with van der Waals surface area (Å²) in [4.78, 5) is 15.7. The molecule has 0 spiro atoms. The molecule has 0 saturated heterocycles. The summed E-state index contributed by atoms with van der Waals surface area (Å²) in [5.41, 5.74) is -0.880. The van der Waals surface area contributed by atoms with Crippen molar-refractivity contribution in [3.8, 4) is 0 Å². The van der Waals surface area contributed by atoms with Gasteiger partial charge < -0.3 is 15.0 Å². The first kappa shape index (κ1) is 15.7. The second-order valence-corrected chi connectivity index (χ2v) is 5.45. The Balaban J connectivity index is 2.71. The summed E-state index contributed by atoms with van der Waals surface area (Å²) in [5.74, 6) is 0.546. The molecular formula is C14H25N3O2. The van der Waals surface area contributed by atoms with Crippen molar-refractivity contribution in [2.75, 3.05) is 6.54 Å². The molecule has 1 heterocycles. The van der Waals surface area contributed by atoms with Gasteiger partial charge in [-0.15, -0.1) is 0 Å². The van der Waals surface area contributed by atoms with Crippen molar-refractivity contribution in [2.24, 2.45) is 0 Å². The van der Waals surface area contributed by atoms with Gasteiger partial charge in [0.15, 0.2) is 0 Å². The predicted molar refractivity (Wildman–Crippen MR) is 75.3 cm³/mol. The van der Waals surface area contributed by atoms with E-state index in [4.69, 9.17) is 0 Å². The van der Waals surface area contributed by atoms with Crippen LogP contribution < -0.4 is 5.32 Å². The SMILES string of the molecule is CCCNC(C)(CCn1ccnc1C(C)C)C(=O)O. The van der Waals surface area contributed by atoms with Crippen LogP contribution in [0.15, 0.2) is 12.4 Å². The molecule has 0 radical (unpaired) electrons. The lowest BCUT2D eigenvalue weighted by Crippen LogP contribution is -2.50. The molecule has 5 heteroatoms. The number of carboxylic acid groups (broad SMARTS) is 1. The molecule has 0 aromatic carbocycles. The number of aromatic nitrogens is 2. The van der Waals surface area contributed by atoms with E-state index in [2.05, 4.69) is 24.1 Å². The number of aryl methyl sites for hydroxylation is 1. The van der Waals surface area contributed by atoms with Gasteiger partial charge in [-0.2, -0.15) is 0 Å². The first-order chi connectivity index (χ1) is 8.90. The maximum atomic E-state index is 11.4. The van der Waals surface area contributed by atoms with Crippen molar-refractivity contribution in [2.45, 2.75) is 58.5 Å². The van der Waals surface area contributed by atoms with Crippen molar-refractivity contribution in [1.82, 2.24) is 14.9 Å². The van der Waals surface area contributed by atoms with Crippen LogP contribution in [0.4, 0.5) is 0 Å². The Kier molecular flexibility index (Phi) is 5.54. The highest BCUT2D eigenvalue weighted by Gasteiger charge is 2.32. The van der Waals surface area contributed by atoms with E-state index >= 15 is 0 Å². The molecule has 5 nitrogen and oxygen atoms in total. The van der Waals surface area contributed by atoms with E-state index in [0.29, 0.717) is 25.4 Å². The highest BCUT2D eigenvalue weighted by molar-refractivity contribution is 5.78. The van der Waals surface area contributed by atoms with Gasteiger partial charge in [-0.25, -0.2) is 4.98 Å². The van der Waals surface area contributed by atoms with E-state index in [1.165, 1.54) is 0 Å². The van der Waals surface area contributed by atoms with E-state index in [-0.39, 0.29) is 0 Å². The van der Waals surface area contributed by atoms with Gasteiger partial charge in [-0.3, -0.25) is 4.79 Å². The average molecular weight is 267 g/mol. The Bertz CT molecular complexity index is 415. The third-order valence-corrected chi connectivity index (χ3v) is 3.35. The molecule has 0 fully saturated rings. The van der Waals surface area contributed by atoms with Crippen molar-refractivity contribution < 1.29 is 9.90 Å². The molecule has 1 atom stereocenters. The van der Waals surface area contributed by atoms with Gasteiger partial charge in [-0.05, 0) is 26.3 Å². The third-order valence-electron chi connectivity index (χ3n) is 3.35. The molecule has 1 unspecified atom stereocenters. The maximum absolute atomic E-state index is 11.4. The standard InChI is InChI=1S/C14H25N3O2/c1-5-7-16-14(4,13(18)19)6-9-17-10-8-15-12(17)11(2)3/h8,10-11,16H,5-7,9H2,1-4H3,(H,18,19). The summed E-state index contributed by atoms with van der Waals surface area (Å²) in [6.45, 7) is 9.32. The lowest BCUT2D eigenvalue weighted by atomic mass is 9.97. The van der Waals surface area contributed by atoms with Crippen molar-refractivity contribution >= 4 is 5.97 Å². The van der Waals surface area contributed by atoms with Crippen LogP contribution in [0, 0.1) is 0 Å². The fourth-order valence-electron chi connectivity index (χ4n) is 2.03. The number of hydrogen-bond donors (Lipinski definition) is 2. The van der Waals surface area contributed by atoms with Gasteiger partial charge in [0.1, 0.15) is 11.4 Å². The lowest BCUT2D eigenvalue weighted by Gasteiger charge is -2.27. The highest BCUT2D eigenvalue weighted by Crippen LogP contribution is 2.16. The fourth-order valence-corrected chi connectivity index (χ4v) is 2.03. The quantitative estimate of drug-likeness (QED) is 0.758. The van der Waals surface area contributed by atoms with Crippen LogP contribution in [0.5, 0.6) is 0 Å². The number of carboxylic acids is 1. The third kappa shape index (κ3) is 4.06. The van der Waals surface area contributed by atoms with Crippen LogP contribution in [0.1, 0.15) is 52.3 Å². The smallest absolute Gasteiger partial charge is 0.323 e. The van der Waals surface area contributed by atoms with E-state index in [1.807, 2.05) is 17.7 Å². The van der Waals surface area contributed by atoms with Crippen LogP contribution in [0.3, 0.4) is 0 Å². The number of hydrogen-bond acceptors (Lipinski definition) is 3. The summed E-state index contributed by atoms with van der Waals surface area (Å²) in [7, 11) is 0. The van der Waals surface area contributed by atoms with Gasteiger partial charge in [-0.1, -0.05) is 20.8 Å². The summed E-state index contributed by atoms with van der Waals surface area (Å²) in [6, 6.07) is 0. The first-order valence-electron chi connectivity index (χ1n) is 6.90. The summed E-state index contributed by atoms with van der Waals surface area (Å²) < 4.78 is 2.04. The van der Waals surface area contributed by atoms with Crippen molar-refractivity contribution in [3.63, 3.8) is 0 Å². The number of aliphatic carboxylic acids is 1. The average Bonchev–Trinajstić information content (AvgIpc) is 2.82. The molecule has 1 rings (SSSR count). The number of nitrogens with zero attached hydrogens (tertiary/aromatic N) is 2. The molecule has 0 aliphatic heterocycles. The van der Waals surface area contributed by atoms with Crippen LogP contribution in [0.2, 0.25) is 0 Å². The highest BCUT2D eigenvalue weighted by atomic mass is 16.4. The topological polar surface area (TPSA) is 67.2 Å². The number of imidazole rings is 1. The monoisotopic (exact) mass is 267 g/mol. The molecule has 1 aromatic rings. The van der Waals surface area contributed by atoms with Crippen molar-refractivity contribution in [1.29, 1.82) is 0 Å². The van der Waals surface area contributed by atoms with Gasteiger partial charge in [0, 0.05) is 24.9 Å². The van der Waals surface area contributed by atoms with Gasteiger partial charge in [0.2, 0.25) is 0 Å². The van der Waals surface area contributed by atoms with E-state index < -0.39 is 11.5 Å². The van der Waals surface area contributed by atoms with E-state index in [0.717, 1.165) is 12.2 Å². The zero-order valence-electron chi connectivity index (χ0n) is 12.3. The minimum atomic E-state index is -0.880. The van der Waals surface area contributed by atoms with Crippen LogP contribution >= 0.6 is 0 Å². The summed E-state index contributed by atoms with van der Waals surface area (Å²) in [6.07, 6.45) is 5.15. The molecule has 0 aliphatic carbocycles. The molecule has 0 aliphatic rings. The Morgan fingerprint density at radius 3 is 2.79 bits per heavy atom. The predicted octanol–water partition coefficient (Wildman–Crippen LogP) is 2.24. The summed E-state index contributed by atoms with van der Waals surface area (Å²) >= 11 is 0. The van der Waals surface area contributed by atoms with Crippen molar-refractivity contribution in [3.05, 3.63) is 18.2 Å². The van der Waals surface area contributed by atoms with Crippen LogP contribution in [0.25, 0.3) is 0 Å². The molecule has 2 N–H and O–H groups in total. The van der Waals surface area contributed by atoms with E-state index in [9.17, 15) is 9.90 Å².